The summed E-state index contributed by atoms with van der Waals surface area (Å²) in [6.45, 7) is 3.92. The molecule has 0 spiro atoms. The highest BCUT2D eigenvalue weighted by Crippen LogP contribution is 2.28. The van der Waals surface area contributed by atoms with Crippen LogP contribution in [0.4, 0.5) is 0 Å². The fourth-order valence-electron chi connectivity index (χ4n) is 3.18. The number of nitrogens with zero attached hydrogens (tertiary/aromatic N) is 1. The van der Waals surface area contributed by atoms with Gasteiger partial charge in [0.2, 0.25) is 15.9 Å². The molecule has 2 heterocycles. The Labute approximate surface area is 145 Å². The van der Waals surface area contributed by atoms with Crippen LogP contribution in [-0.4, -0.2) is 70.8 Å². The Bertz CT molecular complexity index is 475. The molecule has 2 N–H and O–H groups in total. The number of methoxy groups -OCH3 is 1. The summed E-state index contributed by atoms with van der Waals surface area (Å²) in [5.74, 6) is 0.120. The molecule has 2 aliphatic heterocycles. The van der Waals surface area contributed by atoms with Crippen LogP contribution in [0.3, 0.4) is 0 Å². The monoisotopic (exact) mass is 369 g/mol. The van der Waals surface area contributed by atoms with Gasteiger partial charge in [0.1, 0.15) is 0 Å². The van der Waals surface area contributed by atoms with Gasteiger partial charge in [0, 0.05) is 38.6 Å². The van der Waals surface area contributed by atoms with Crippen molar-refractivity contribution in [3.8, 4) is 0 Å². The lowest BCUT2D eigenvalue weighted by Gasteiger charge is -2.37. The maximum Gasteiger partial charge on any atom is 0.221 e. The minimum absolute atomic E-state index is 0. The first-order valence-corrected chi connectivity index (χ1v) is 9.53. The zero-order valence-electron chi connectivity index (χ0n) is 13.7. The van der Waals surface area contributed by atoms with Crippen molar-refractivity contribution in [3.63, 3.8) is 0 Å². The normalized spacial score (nSPS) is 23.2. The lowest BCUT2D eigenvalue weighted by atomic mass is 9.79. The Morgan fingerprint density at radius 1 is 1.35 bits per heavy atom. The van der Waals surface area contributed by atoms with Crippen LogP contribution in [0.15, 0.2) is 0 Å². The van der Waals surface area contributed by atoms with Gasteiger partial charge in [-0.05, 0) is 32.4 Å². The van der Waals surface area contributed by atoms with Gasteiger partial charge < -0.3 is 15.4 Å². The Morgan fingerprint density at radius 3 is 2.61 bits per heavy atom. The van der Waals surface area contributed by atoms with Crippen LogP contribution in [-0.2, 0) is 19.6 Å². The minimum atomic E-state index is -3.11. The molecule has 0 aromatic rings. The third-order valence-electron chi connectivity index (χ3n) is 4.57. The molecule has 0 aromatic heterocycles. The minimum Gasteiger partial charge on any atom is -0.384 e. The predicted molar refractivity (Wildman–Crippen MR) is 91.3 cm³/mol. The van der Waals surface area contributed by atoms with E-state index in [1.54, 1.807) is 7.11 Å². The Kier molecular flexibility index (Phi) is 8.23. The molecule has 7 nitrogen and oxygen atoms in total. The molecular weight excluding hydrogens is 342 g/mol. The first-order valence-electron chi connectivity index (χ1n) is 7.92. The van der Waals surface area contributed by atoms with E-state index >= 15 is 0 Å². The van der Waals surface area contributed by atoms with E-state index in [0.717, 1.165) is 25.9 Å². The summed E-state index contributed by atoms with van der Waals surface area (Å²) in [4.78, 5) is 12.0. The van der Waals surface area contributed by atoms with Gasteiger partial charge in [-0.1, -0.05) is 0 Å². The molecule has 0 unspecified atom stereocenters. The third kappa shape index (κ3) is 5.86. The molecule has 2 rings (SSSR count). The van der Waals surface area contributed by atoms with Gasteiger partial charge in [-0.2, -0.15) is 0 Å². The van der Waals surface area contributed by atoms with Crippen LogP contribution in [0.25, 0.3) is 0 Å². The molecule has 0 aliphatic carbocycles. The number of rotatable bonds is 7. The third-order valence-corrected chi connectivity index (χ3v) is 6.52. The Balaban J connectivity index is 0.00000264. The number of hydrogen-bond donors (Lipinski definition) is 2. The summed E-state index contributed by atoms with van der Waals surface area (Å²) in [5, 5.41) is 6.28. The van der Waals surface area contributed by atoms with Gasteiger partial charge in [0.15, 0.2) is 0 Å². The van der Waals surface area contributed by atoms with Gasteiger partial charge in [0.05, 0.1) is 12.4 Å². The fraction of sp³-hybridized carbons (Fsp3) is 0.929. The van der Waals surface area contributed by atoms with E-state index in [2.05, 4.69) is 10.6 Å². The fourth-order valence-corrected chi connectivity index (χ4v) is 4.71. The zero-order chi connectivity index (χ0) is 16.1. The summed E-state index contributed by atoms with van der Waals surface area (Å²) in [6.07, 6.45) is 2.83. The SMILES string of the molecule is COCC1(CNC(=O)CCN2CCCS2(=O)=O)CCNCC1.Cl. The smallest absolute Gasteiger partial charge is 0.221 e. The summed E-state index contributed by atoms with van der Waals surface area (Å²) < 4.78 is 30.1. The summed E-state index contributed by atoms with van der Waals surface area (Å²) in [5.41, 5.74) is -0.00458. The van der Waals surface area contributed by atoms with E-state index in [0.29, 0.717) is 26.1 Å². The topological polar surface area (TPSA) is 87.7 Å². The molecule has 2 aliphatic rings. The van der Waals surface area contributed by atoms with Gasteiger partial charge in [-0.15, -0.1) is 12.4 Å². The first kappa shape index (κ1) is 20.6. The van der Waals surface area contributed by atoms with E-state index in [-0.39, 0.29) is 42.4 Å². The molecule has 0 bridgehead atoms. The average molecular weight is 370 g/mol. The molecule has 9 heteroatoms. The highest BCUT2D eigenvalue weighted by molar-refractivity contribution is 7.89. The zero-order valence-corrected chi connectivity index (χ0v) is 15.3. The molecule has 1 amide bonds. The number of amides is 1. The second-order valence-corrected chi connectivity index (χ2v) is 8.37. The maximum atomic E-state index is 12.0. The number of carbonyl (C=O) groups is 1. The lowest BCUT2D eigenvalue weighted by Crippen LogP contribution is -2.47. The van der Waals surface area contributed by atoms with E-state index in [4.69, 9.17) is 4.74 Å². The summed E-state index contributed by atoms with van der Waals surface area (Å²) >= 11 is 0. The van der Waals surface area contributed by atoms with Crippen molar-refractivity contribution in [2.75, 3.05) is 52.2 Å². The molecule has 2 saturated heterocycles. The molecular formula is C14H28ClN3O4S. The van der Waals surface area contributed by atoms with Crippen LogP contribution in [0.1, 0.15) is 25.7 Å². The van der Waals surface area contributed by atoms with Crippen LogP contribution in [0.2, 0.25) is 0 Å². The van der Waals surface area contributed by atoms with Gasteiger partial charge in [-0.25, -0.2) is 12.7 Å². The van der Waals surface area contributed by atoms with Gasteiger partial charge >= 0.3 is 0 Å². The van der Waals surface area contributed by atoms with Crippen molar-refractivity contribution in [2.45, 2.75) is 25.7 Å². The van der Waals surface area contributed by atoms with E-state index < -0.39 is 10.0 Å². The highest BCUT2D eigenvalue weighted by atomic mass is 35.5. The molecule has 0 radical (unpaired) electrons. The largest absolute Gasteiger partial charge is 0.384 e. The number of carbonyl (C=O) groups excluding carboxylic acids is 1. The van der Waals surface area contributed by atoms with Crippen molar-refractivity contribution < 1.29 is 17.9 Å². The predicted octanol–water partition coefficient (Wildman–Crippen LogP) is -0.0338. The van der Waals surface area contributed by atoms with E-state index in [1.165, 1.54) is 4.31 Å². The second-order valence-electron chi connectivity index (χ2n) is 6.28. The molecule has 23 heavy (non-hydrogen) atoms. The molecule has 0 aromatic carbocycles. The van der Waals surface area contributed by atoms with Crippen molar-refractivity contribution in [3.05, 3.63) is 0 Å². The van der Waals surface area contributed by atoms with Crippen molar-refractivity contribution in [2.24, 2.45) is 5.41 Å². The Morgan fingerprint density at radius 2 is 2.04 bits per heavy atom. The van der Waals surface area contributed by atoms with E-state index in [9.17, 15) is 13.2 Å². The molecule has 136 valence electrons. The molecule has 2 fully saturated rings. The Hall–Kier alpha value is -0.410. The van der Waals surface area contributed by atoms with Crippen molar-refractivity contribution in [1.82, 2.24) is 14.9 Å². The lowest BCUT2D eigenvalue weighted by molar-refractivity contribution is -0.122. The second kappa shape index (κ2) is 9.17. The maximum absolute atomic E-state index is 12.0. The van der Waals surface area contributed by atoms with Gasteiger partial charge in [0.25, 0.3) is 0 Å². The number of hydrogen-bond acceptors (Lipinski definition) is 5. The highest BCUT2D eigenvalue weighted by Gasteiger charge is 2.33. The number of halogens is 1. The van der Waals surface area contributed by atoms with Crippen LogP contribution < -0.4 is 10.6 Å². The standard InChI is InChI=1S/C14H27N3O4S.ClH/c1-21-12-14(4-6-15-7-5-14)11-16-13(18)3-9-17-8-2-10-22(17,19)20;/h15H,2-12H2,1H3,(H,16,18);1H. The first-order chi connectivity index (χ1) is 10.5. The number of nitrogens with one attached hydrogen (secondary N) is 2. The average Bonchev–Trinajstić information content (AvgIpc) is 2.83. The summed E-state index contributed by atoms with van der Waals surface area (Å²) in [6, 6.07) is 0. The molecule has 0 saturated carbocycles. The quantitative estimate of drug-likeness (QED) is 0.657. The van der Waals surface area contributed by atoms with Crippen LogP contribution in [0.5, 0.6) is 0 Å². The molecule has 0 atom stereocenters. The summed E-state index contributed by atoms with van der Waals surface area (Å²) in [7, 11) is -1.43. The van der Waals surface area contributed by atoms with Crippen molar-refractivity contribution >= 4 is 28.3 Å². The van der Waals surface area contributed by atoms with E-state index in [1.807, 2.05) is 0 Å². The van der Waals surface area contributed by atoms with Crippen LogP contribution >= 0.6 is 12.4 Å². The number of ether oxygens (including phenoxy) is 1. The van der Waals surface area contributed by atoms with Crippen LogP contribution in [0, 0.1) is 5.41 Å². The number of sulfonamides is 1. The number of piperidine rings is 1. The van der Waals surface area contributed by atoms with Gasteiger partial charge in [-0.3, -0.25) is 4.79 Å². The van der Waals surface area contributed by atoms with Crippen molar-refractivity contribution in [1.29, 1.82) is 0 Å².